The summed E-state index contributed by atoms with van der Waals surface area (Å²) >= 11 is 0. The zero-order chi connectivity index (χ0) is 9.26. The summed E-state index contributed by atoms with van der Waals surface area (Å²) in [5.41, 5.74) is 2.41. The Bertz CT molecular complexity index is 305. The van der Waals surface area contributed by atoms with Gasteiger partial charge in [-0.3, -0.25) is 0 Å². The molecule has 2 nitrogen and oxygen atoms in total. The zero-order valence-electron chi connectivity index (χ0n) is 7.79. The maximum Gasteiger partial charge on any atom is 0.125 e. The van der Waals surface area contributed by atoms with Crippen molar-refractivity contribution >= 4 is 0 Å². The number of rotatable bonds is 2. The molecule has 0 fully saturated rings. The van der Waals surface area contributed by atoms with Crippen LogP contribution in [0.15, 0.2) is 18.2 Å². The first-order chi connectivity index (χ1) is 6.27. The highest BCUT2D eigenvalue weighted by Gasteiger charge is 2.16. The van der Waals surface area contributed by atoms with Gasteiger partial charge < -0.3 is 9.84 Å². The highest BCUT2D eigenvalue weighted by molar-refractivity contribution is 5.44. The van der Waals surface area contributed by atoms with E-state index in [2.05, 4.69) is 6.07 Å². The Morgan fingerprint density at radius 2 is 2.38 bits per heavy atom. The summed E-state index contributed by atoms with van der Waals surface area (Å²) in [5, 5.41) is 9.28. The van der Waals surface area contributed by atoms with Crippen molar-refractivity contribution in [2.45, 2.75) is 25.9 Å². The van der Waals surface area contributed by atoms with Crippen molar-refractivity contribution in [3.05, 3.63) is 29.3 Å². The average molecular weight is 178 g/mol. The lowest BCUT2D eigenvalue weighted by Crippen LogP contribution is -2.05. The predicted octanol–water partition coefficient (Wildman–Crippen LogP) is 1.54. The molecular formula is C11H14O2. The SMILES string of the molecule is CC(O)Cc1cccc2c1OCC2. The fraction of sp³-hybridized carbons (Fsp3) is 0.455. The molecule has 70 valence electrons. The van der Waals surface area contributed by atoms with Crippen LogP contribution in [0.3, 0.4) is 0 Å². The van der Waals surface area contributed by atoms with Gasteiger partial charge in [0.25, 0.3) is 0 Å². The van der Waals surface area contributed by atoms with Crippen molar-refractivity contribution < 1.29 is 9.84 Å². The highest BCUT2D eigenvalue weighted by atomic mass is 16.5. The normalized spacial score (nSPS) is 16.5. The molecule has 1 heterocycles. The van der Waals surface area contributed by atoms with Gasteiger partial charge in [0.2, 0.25) is 0 Å². The van der Waals surface area contributed by atoms with Gasteiger partial charge in [-0.05, 0) is 18.1 Å². The Morgan fingerprint density at radius 3 is 3.15 bits per heavy atom. The second-order valence-electron chi connectivity index (χ2n) is 3.56. The molecule has 1 aromatic carbocycles. The van der Waals surface area contributed by atoms with E-state index in [1.165, 1.54) is 5.56 Å². The third kappa shape index (κ3) is 1.68. The van der Waals surface area contributed by atoms with E-state index in [4.69, 9.17) is 4.74 Å². The molecular weight excluding hydrogens is 164 g/mol. The molecule has 2 rings (SSSR count). The van der Waals surface area contributed by atoms with E-state index in [0.717, 1.165) is 24.3 Å². The van der Waals surface area contributed by atoms with E-state index in [9.17, 15) is 5.11 Å². The summed E-state index contributed by atoms with van der Waals surface area (Å²) in [6.07, 6.45) is 1.39. The first-order valence-electron chi connectivity index (χ1n) is 4.69. The summed E-state index contributed by atoms with van der Waals surface area (Å²) in [6, 6.07) is 6.15. The number of fused-ring (bicyclic) bond motifs is 1. The van der Waals surface area contributed by atoms with Gasteiger partial charge in [0.15, 0.2) is 0 Å². The molecule has 0 aromatic heterocycles. The summed E-state index contributed by atoms with van der Waals surface area (Å²) in [5.74, 6) is 1.00. The van der Waals surface area contributed by atoms with Crippen LogP contribution in [0.25, 0.3) is 0 Å². The maximum absolute atomic E-state index is 9.28. The van der Waals surface area contributed by atoms with E-state index >= 15 is 0 Å². The van der Waals surface area contributed by atoms with Crippen LogP contribution in [0.5, 0.6) is 5.75 Å². The molecule has 1 atom stereocenters. The van der Waals surface area contributed by atoms with Crippen LogP contribution in [0.4, 0.5) is 0 Å². The molecule has 1 N–H and O–H groups in total. The number of hydrogen-bond donors (Lipinski definition) is 1. The largest absolute Gasteiger partial charge is 0.493 e. The van der Waals surface area contributed by atoms with Crippen LogP contribution in [-0.2, 0) is 12.8 Å². The van der Waals surface area contributed by atoms with E-state index in [0.29, 0.717) is 6.42 Å². The molecule has 0 radical (unpaired) electrons. The number of hydrogen-bond acceptors (Lipinski definition) is 2. The second-order valence-corrected chi connectivity index (χ2v) is 3.56. The summed E-state index contributed by atoms with van der Waals surface area (Å²) in [4.78, 5) is 0. The Morgan fingerprint density at radius 1 is 1.54 bits per heavy atom. The Balaban J connectivity index is 2.30. The second kappa shape index (κ2) is 3.38. The molecule has 2 heteroatoms. The number of para-hydroxylation sites is 1. The number of ether oxygens (including phenoxy) is 1. The topological polar surface area (TPSA) is 29.5 Å². The van der Waals surface area contributed by atoms with E-state index in [-0.39, 0.29) is 6.10 Å². The Labute approximate surface area is 78.2 Å². The van der Waals surface area contributed by atoms with E-state index in [1.807, 2.05) is 12.1 Å². The molecule has 0 amide bonds. The lowest BCUT2D eigenvalue weighted by atomic mass is 10.0. The molecule has 1 unspecified atom stereocenters. The van der Waals surface area contributed by atoms with Gasteiger partial charge in [-0.25, -0.2) is 0 Å². The summed E-state index contributed by atoms with van der Waals surface area (Å²) in [7, 11) is 0. The molecule has 1 aliphatic heterocycles. The van der Waals surface area contributed by atoms with Gasteiger partial charge in [0.05, 0.1) is 12.7 Å². The van der Waals surface area contributed by atoms with Crippen molar-refractivity contribution in [1.82, 2.24) is 0 Å². The van der Waals surface area contributed by atoms with Gasteiger partial charge in [0.1, 0.15) is 5.75 Å². The molecule has 0 saturated carbocycles. The first kappa shape index (κ1) is 8.57. The highest BCUT2D eigenvalue weighted by Crippen LogP contribution is 2.29. The number of aliphatic hydroxyl groups is 1. The fourth-order valence-corrected chi connectivity index (χ4v) is 1.76. The molecule has 0 aliphatic carbocycles. The minimum Gasteiger partial charge on any atom is -0.493 e. The summed E-state index contributed by atoms with van der Waals surface area (Å²) < 4.78 is 5.52. The van der Waals surface area contributed by atoms with Crippen LogP contribution >= 0.6 is 0 Å². The Hall–Kier alpha value is -1.02. The standard InChI is InChI=1S/C11H14O2/c1-8(12)7-10-4-2-3-9-5-6-13-11(9)10/h2-4,8,12H,5-7H2,1H3. The number of aliphatic hydroxyl groups excluding tert-OH is 1. The molecule has 0 saturated heterocycles. The third-order valence-electron chi connectivity index (χ3n) is 2.31. The van der Waals surface area contributed by atoms with Crippen molar-refractivity contribution in [1.29, 1.82) is 0 Å². The van der Waals surface area contributed by atoms with Gasteiger partial charge in [0, 0.05) is 12.8 Å². The molecule has 0 bridgehead atoms. The van der Waals surface area contributed by atoms with Gasteiger partial charge in [-0.15, -0.1) is 0 Å². The fourth-order valence-electron chi connectivity index (χ4n) is 1.76. The first-order valence-corrected chi connectivity index (χ1v) is 4.69. The predicted molar refractivity (Wildman–Crippen MR) is 51.0 cm³/mol. The molecule has 13 heavy (non-hydrogen) atoms. The van der Waals surface area contributed by atoms with Crippen LogP contribution in [0.2, 0.25) is 0 Å². The average Bonchev–Trinajstić information content (AvgIpc) is 2.51. The van der Waals surface area contributed by atoms with Gasteiger partial charge in [-0.1, -0.05) is 18.2 Å². The maximum atomic E-state index is 9.28. The van der Waals surface area contributed by atoms with Crippen LogP contribution in [0, 0.1) is 0 Å². The molecule has 0 spiro atoms. The van der Waals surface area contributed by atoms with Crippen molar-refractivity contribution in [2.24, 2.45) is 0 Å². The third-order valence-corrected chi connectivity index (χ3v) is 2.31. The van der Waals surface area contributed by atoms with Gasteiger partial charge >= 0.3 is 0 Å². The quantitative estimate of drug-likeness (QED) is 0.744. The minimum absolute atomic E-state index is 0.296. The van der Waals surface area contributed by atoms with Crippen LogP contribution < -0.4 is 4.74 Å². The van der Waals surface area contributed by atoms with Crippen molar-refractivity contribution in [3.63, 3.8) is 0 Å². The van der Waals surface area contributed by atoms with Gasteiger partial charge in [-0.2, -0.15) is 0 Å². The molecule has 1 aliphatic rings. The van der Waals surface area contributed by atoms with E-state index in [1.54, 1.807) is 6.92 Å². The lowest BCUT2D eigenvalue weighted by Gasteiger charge is -2.09. The van der Waals surface area contributed by atoms with Crippen LogP contribution in [-0.4, -0.2) is 17.8 Å². The zero-order valence-corrected chi connectivity index (χ0v) is 7.79. The number of benzene rings is 1. The van der Waals surface area contributed by atoms with Crippen molar-refractivity contribution in [3.8, 4) is 5.75 Å². The Kier molecular flexibility index (Phi) is 2.23. The smallest absolute Gasteiger partial charge is 0.125 e. The minimum atomic E-state index is -0.296. The van der Waals surface area contributed by atoms with Crippen LogP contribution in [0.1, 0.15) is 18.1 Å². The lowest BCUT2D eigenvalue weighted by molar-refractivity contribution is 0.194. The monoisotopic (exact) mass is 178 g/mol. The molecule has 1 aromatic rings. The van der Waals surface area contributed by atoms with E-state index < -0.39 is 0 Å². The summed E-state index contributed by atoms with van der Waals surface area (Å²) in [6.45, 7) is 2.58. The van der Waals surface area contributed by atoms with Crippen molar-refractivity contribution in [2.75, 3.05) is 6.61 Å².